The molecule has 0 fully saturated rings. The van der Waals surface area contributed by atoms with Crippen molar-refractivity contribution >= 4 is 27.3 Å². The lowest BCUT2D eigenvalue weighted by Crippen LogP contribution is -2.11. The van der Waals surface area contributed by atoms with Crippen molar-refractivity contribution in [2.75, 3.05) is 13.2 Å². The first kappa shape index (κ1) is 14.9. The SMILES string of the molecule is Cc1cc(C(N)c2cc3c(cc2Br)OCCCO3)sc1C. The van der Waals surface area contributed by atoms with E-state index in [1.54, 1.807) is 11.3 Å². The molecule has 1 atom stereocenters. The summed E-state index contributed by atoms with van der Waals surface area (Å²) in [5.74, 6) is 1.57. The summed E-state index contributed by atoms with van der Waals surface area (Å²) in [6, 6.07) is 5.97. The van der Waals surface area contributed by atoms with Crippen LogP contribution in [0, 0.1) is 13.8 Å². The summed E-state index contributed by atoms with van der Waals surface area (Å²) in [6.07, 6.45) is 0.900. The third kappa shape index (κ3) is 2.96. The van der Waals surface area contributed by atoms with Gasteiger partial charge in [-0.05, 0) is 43.2 Å². The van der Waals surface area contributed by atoms with Crippen LogP contribution in [-0.2, 0) is 0 Å². The van der Waals surface area contributed by atoms with Crippen LogP contribution in [-0.4, -0.2) is 13.2 Å². The van der Waals surface area contributed by atoms with E-state index in [-0.39, 0.29) is 6.04 Å². The topological polar surface area (TPSA) is 44.5 Å². The molecule has 0 saturated heterocycles. The lowest BCUT2D eigenvalue weighted by Gasteiger charge is -2.16. The van der Waals surface area contributed by atoms with Crippen molar-refractivity contribution < 1.29 is 9.47 Å². The van der Waals surface area contributed by atoms with Gasteiger partial charge in [-0.2, -0.15) is 0 Å². The standard InChI is InChI=1S/C16H18BrNO2S/c1-9-6-15(21-10(9)2)16(18)11-7-13-14(8-12(11)17)20-5-3-4-19-13/h6-8,16H,3-5,18H2,1-2H3. The molecule has 3 rings (SSSR count). The molecule has 1 aliphatic heterocycles. The average molecular weight is 368 g/mol. The highest BCUT2D eigenvalue weighted by atomic mass is 79.9. The van der Waals surface area contributed by atoms with E-state index >= 15 is 0 Å². The number of hydrogen-bond acceptors (Lipinski definition) is 4. The summed E-state index contributed by atoms with van der Waals surface area (Å²) >= 11 is 5.36. The van der Waals surface area contributed by atoms with E-state index in [0.29, 0.717) is 13.2 Å². The average Bonchev–Trinajstić information content (AvgIpc) is 2.66. The Bertz CT molecular complexity index is 649. The van der Waals surface area contributed by atoms with E-state index in [9.17, 15) is 0 Å². The number of fused-ring (bicyclic) bond motifs is 1. The molecule has 1 aromatic heterocycles. The number of hydrogen-bond donors (Lipinski definition) is 1. The molecule has 0 bridgehead atoms. The summed E-state index contributed by atoms with van der Waals surface area (Å²) in [6.45, 7) is 5.61. The van der Waals surface area contributed by atoms with Gasteiger partial charge in [0.1, 0.15) is 0 Å². The largest absolute Gasteiger partial charge is 0.490 e. The Balaban J connectivity index is 1.99. The van der Waals surface area contributed by atoms with Crippen LogP contribution in [0.15, 0.2) is 22.7 Å². The lowest BCUT2D eigenvalue weighted by atomic mass is 10.0. The fourth-order valence-corrected chi connectivity index (χ4v) is 3.98. The van der Waals surface area contributed by atoms with Crippen LogP contribution in [0.25, 0.3) is 0 Å². The van der Waals surface area contributed by atoms with Gasteiger partial charge in [0.2, 0.25) is 0 Å². The molecule has 2 N–H and O–H groups in total. The molecular weight excluding hydrogens is 350 g/mol. The maximum absolute atomic E-state index is 6.46. The van der Waals surface area contributed by atoms with E-state index in [0.717, 1.165) is 28.0 Å². The van der Waals surface area contributed by atoms with Crippen molar-refractivity contribution in [1.29, 1.82) is 0 Å². The number of aryl methyl sites for hydroxylation is 2. The summed E-state index contributed by atoms with van der Waals surface area (Å²) in [5.41, 5.74) is 8.77. The Labute approximate surface area is 137 Å². The van der Waals surface area contributed by atoms with Crippen molar-refractivity contribution in [1.82, 2.24) is 0 Å². The second-order valence-corrected chi connectivity index (χ2v) is 7.38. The molecule has 2 heterocycles. The number of thiophene rings is 1. The molecule has 21 heavy (non-hydrogen) atoms. The minimum Gasteiger partial charge on any atom is -0.490 e. The van der Waals surface area contributed by atoms with Crippen LogP contribution in [0.5, 0.6) is 11.5 Å². The molecule has 0 amide bonds. The minimum atomic E-state index is -0.158. The normalized spacial score (nSPS) is 15.6. The molecule has 0 aliphatic carbocycles. The van der Waals surface area contributed by atoms with Crippen LogP contribution in [0.3, 0.4) is 0 Å². The predicted molar refractivity (Wildman–Crippen MR) is 89.6 cm³/mol. The highest BCUT2D eigenvalue weighted by Crippen LogP contribution is 2.40. The first-order valence-corrected chi connectivity index (χ1v) is 8.59. The maximum atomic E-state index is 6.46. The smallest absolute Gasteiger partial charge is 0.162 e. The number of halogens is 1. The first-order chi connectivity index (χ1) is 10.1. The highest BCUT2D eigenvalue weighted by Gasteiger charge is 2.20. The van der Waals surface area contributed by atoms with E-state index < -0.39 is 0 Å². The van der Waals surface area contributed by atoms with Crippen molar-refractivity contribution in [3.63, 3.8) is 0 Å². The van der Waals surface area contributed by atoms with Gasteiger partial charge in [-0.3, -0.25) is 0 Å². The summed E-state index contributed by atoms with van der Waals surface area (Å²) in [4.78, 5) is 2.48. The van der Waals surface area contributed by atoms with Gasteiger partial charge < -0.3 is 15.2 Å². The molecule has 0 saturated carbocycles. The fourth-order valence-electron chi connectivity index (χ4n) is 2.35. The Kier molecular flexibility index (Phi) is 4.24. The fraction of sp³-hybridized carbons (Fsp3) is 0.375. The number of nitrogens with two attached hydrogens (primary N) is 1. The van der Waals surface area contributed by atoms with E-state index in [1.165, 1.54) is 15.3 Å². The zero-order valence-corrected chi connectivity index (χ0v) is 14.5. The molecular formula is C16H18BrNO2S. The number of rotatable bonds is 2. The third-order valence-corrected chi connectivity index (χ3v) is 5.62. The van der Waals surface area contributed by atoms with Gasteiger partial charge in [-0.15, -0.1) is 11.3 Å². The zero-order valence-electron chi connectivity index (χ0n) is 12.1. The van der Waals surface area contributed by atoms with Crippen molar-refractivity contribution in [3.8, 4) is 11.5 Å². The predicted octanol–water partition coefficient (Wildman–Crippen LogP) is 4.34. The van der Waals surface area contributed by atoms with Crippen molar-refractivity contribution in [2.24, 2.45) is 5.73 Å². The Morgan fingerprint density at radius 3 is 2.43 bits per heavy atom. The number of benzene rings is 1. The summed E-state index contributed by atoms with van der Waals surface area (Å²) in [7, 11) is 0. The molecule has 1 unspecified atom stereocenters. The van der Waals surface area contributed by atoms with Gasteiger partial charge in [0.15, 0.2) is 11.5 Å². The van der Waals surface area contributed by atoms with E-state index in [4.69, 9.17) is 15.2 Å². The van der Waals surface area contributed by atoms with Crippen molar-refractivity contribution in [3.05, 3.63) is 43.6 Å². The van der Waals surface area contributed by atoms with E-state index in [1.807, 2.05) is 12.1 Å². The highest BCUT2D eigenvalue weighted by molar-refractivity contribution is 9.10. The quantitative estimate of drug-likeness (QED) is 0.858. The molecule has 5 heteroatoms. The van der Waals surface area contributed by atoms with Crippen LogP contribution in [0.4, 0.5) is 0 Å². The zero-order chi connectivity index (χ0) is 15.0. The molecule has 0 radical (unpaired) electrons. The Morgan fingerprint density at radius 2 is 1.81 bits per heavy atom. The molecule has 1 aromatic carbocycles. The Morgan fingerprint density at radius 1 is 1.14 bits per heavy atom. The van der Waals surface area contributed by atoms with Gasteiger partial charge in [-0.1, -0.05) is 15.9 Å². The van der Waals surface area contributed by atoms with E-state index in [2.05, 4.69) is 35.8 Å². The Hall–Kier alpha value is -1.04. The van der Waals surface area contributed by atoms with Crippen LogP contribution < -0.4 is 15.2 Å². The van der Waals surface area contributed by atoms with Crippen LogP contribution in [0.2, 0.25) is 0 Å². The number of ether oxygens (including phenoxy) is 2. The van der Waals surface area contributed by atoms with Gasteiger partial charge in [0, 0.05) is 20.6 Å². The minimum absolute atomic E-state index is 0.158. The van der Waals surface area contributed by atoms with Gasteiger partial charge >= 0.3 is 0 Å². The summed E-state index contributed by atoms with van der Waals surface area (Å²) in [5, 5.41) is 0. The first-order valence-electron chi connectivity index (χ1n) is 6.98. The lowest BCUT2D eigenvalue weighted by molar-refractivity contribution is 0.297. The van der Waals surface area contributed by atoms with Crippen molar-refractivity contribution in [2.45, 2.75) is 26.3 Å². The third-order valence-electron chi connectivity index (χ3n) is 3.69. The van der Waals surface area contributed by atoms with Gasteiger partial charge in [-0.25, -0.2) is 0 Å². The molecule has 2 aromatic rings. The molecule has 1 aliphatic rings. The van der Waals surface area contributed by atoms with Crippen LogP contribution >= 0.6 is 27.3 Å². The molecule has 0 spiro atoms. The maximum Gasteiger partial charge on any atom is 0.162 e. The van der Waals surface area contributed by atoms with Crippen LogP contribution in [0.1, 0.15) is 33.3 Å². The monoisotopic (exact) mass is 367 g/mol. The second kappa shape index (κ2) is 5.99. The second-order valence-electron chi connectivity index (χ2n) is 5.24. The molecule has 3 nitrogen and oxygen atoms in total. The van der Waals surface area contributed by atoms with Gasteiger partial charge in [0.05, 0.1) is 19.3 Å². The molecule has 112 valence electrons. The summed E-state index contributed by atoms with van der Waals surface area (Å²) < 4.78 is 12.4. The van der Waals surface area contributed by atoms with Gasteiger partial charge in [0.25, 0.3) is 0 Å².